The van der Waals surface area contributed by atoms with E-state index >= 15 is 0 Å². The Bertz CT molecular complexity index is 1480. The Balaban J connectivity index is 0.000000616. The van der Waals surface area contributed by atoms with Gasteiger partial charge in [0.25, 0.3) is 5.91 Å². The first-order valence-corrected chi connectivity index (χ1v) is 15.2. The zero-order chi connectivity index (χ0) is 30.5. The molecule has 2 heterocycles. The molecule has 0 spiro atoms. The summed E-state index contributed by atoms with van der Waals surface area (Å²) in [5.41, 5.74) is 4.17. The second kappa shape index (κ2) is 16.4. The molecule has 0 bridgehead atoms. The summed E-state index contributed by atoms with van der Waals surface area (Å²) in [7, 11) is 1.58. The van der Waals surface area contributed by atoms with Gasteiger partial charge in [0.2, 0.25) is 0 Å². The fraction of sp³-hybridized carbons (Fsp3) is 0.417. The van der Waals surface area contributed by atoms with Crippen molar-refractivity contribution in [3.63, 3.8) is 0 Å². The number of aromatic nitrogens is 2. The van der Waals surface area contributed by atoms with Crippen LogP contribution in [-0.4, -0.2) is 41.0 Å². The van der Waals surface area contributed by atoms with Crippen molar-refractivity contribution in [1.29, 1.82) is 5.26 Å². The van der Waals surface area contributed by atoms with Gasteiger partial charge in [-0.05, 0) is 74.6 Å². The van der Waals surface area contributed by atoms with Crippen molar-refractivity contribution in [2.24, 2.45) is 0 Å². The van der Waals surface area contributed by atoms with Crippen LogP contribution in [0.1, 0.15) is 100 Å². The number of imidazole rings is 1. The number of benzene rings is 2. The number of aromatic amines is 1. The molecule has 0 saturated carbocycles. The Labute approximate surface area is 251 Å². The summed E-state index contributed by atoms with van der Waals surface area (Å²) in [6, 6.07) is 15.5. The van der Waals surface area contributed by atoms with E-state index in [9.17, 15) is 4.79 Å². The fourth-order valence-electron chi connectivity index (χ4n) is 5.23. The lowest BCUT2D eigenvalue weighted by Gasteiger charge is -2.32. The summed E-state index contributed by atoms with van der Waals surface area (Å²) in [5, 5.41) is 10.8. The highest BCUT2D eigenvalue weighted by atomic mass is 16.5. The second-order valence-corrected chi connectivity index (χ2v) is 10.9. The van der Waals surface area contributed by atoms with E-state index in [1.165, 1.54) is 37.7 Å². The molecular formula is C36H46N4O2. The first-order chi connectivity index (χ1) is 20.3. The first-order valence-electron chi connectivity index (χ1n) is 15.2. The Morgan fingerprint density at radius 3 is 2.33 bits per heavy atom. The lowest BCUT2D eigenvalue weighted by molar-refractivity contribution is 0.0709. The molecule has 6 heteroatoms. The lowest BCUT2D eigenvalue weighted by Crippen LogP contribution is -2.38. The molecule has 0 aliphatic carbocycles. The molecule has 0 radical (unpaired) electrons. The number of rotatable bonds is 9. The lowest BCUT2D eigenvalue weighted by atomic mass is 9.89. The number of unbranched alkanes of at least 4 members (excludes halogenated alkanes) is 4. The number of H-pyrrole nitrogens is 1. The molecular weight excluding hydrogens is 520 g/mol. The highest BCUT2D eigenvalue weighted by Gasteiger charge is 2.26. The number of likely N-dealkylation sites (tertiary alicyclic amines) is 1. The number of ether oxygens (including phenoxy) is 1. The van der Waals surface area contributed by atoms with Crippen LogP contribution in [0.5, 0.6) is 5.75 Å². The van der Waals surface area contributed by atoms with E-state index in [0.717, 1.165) is 34.7 Å². The van der Waals surface area contributed by atoms with Gasteiger partial charge in [0, 0.05) is 18.7 Å². The Kier molecular flexibility index (Phi) is 12.6. The molecule has 1 amide bonds. The minimum Gasteiger partial charge on any atom is -0.496 e. The van der Waals surface area contributed by atoms with Crippen molar-refractivity contribution in [3.05, 3.63) is 82.0 Å². The maximum absolute atomic E-state index is 13.5. The van der Waals surface area contributed by atoms with E-state index in [2.05, 4.69) is 31.5 Å². The number of nitriles is 1. The quantitative estimate of drug-likeness (QED) is 0.280. The molecule has 1 aliphatic rings. The number of nitrogens with one attached hydrogen (secondary N) is 1. The molecule has 2 aromatic carbocycles. The molecule has 0 atom stereocenters. The average molecular weight is 567 g/mol. The van der Waals surface area contributed by atoms with Crippen molar-refractivity contribution in [2.75, 3.05) is 20.2 Å². The number of hydrogen-bond acceptors (Lipinski definition) is 4. The molecule has 1 aliphatic heterocycles. The van der Waals surface area contributed by atoms with Gasteiger partial charge >= 0.3 is 0 Å². The van der Waals surface area contributed by atoms with Crippen molar-refractivity contribution in [2.45, 2.75) is 78.6 Å². The third-order valence-electron chi connectivity index (χ3n) is 7.63. The Hall–Kier alpha value is -4.11. The van der Waals surface area contributed by atoms with Crippen molar-refractivity contribution < 1.29 is 9.53 Å². The van der Waals surface area contributed by atoms with Crippen LogP contribution in [0.25, 0.3) is 23.5 Å². The van der Waals surface area contributed by atoms with Crippen LogP contribution in [0, 0.1) is 11.3 Å². The molecule has 42 heavy (non-hydrogen) atoms. The summed E-state index contributed by atoms with van der Waals surface area (Å²) in [6.07, 6.45) is 12.7. The molecule has 1 saturated heterocycles. The fourth-order valence-corrected chi connectivity index (χ4v) is 5.23. The third kappa shape index (κ3) is 8.69. The van der Waals surface area contributed by atoms with Crippen LogP contribution < -0.4 is 15.4 Å². The number of methoxy groups -OCH3 is 1. The van der Waals surface area contributed by atoms with Gasteiger partial charge < -0.3 is 14.6 Å². The molecule has 6 nitrogen and oxygen atoms in total. The monoisotopic (exact) mass is 566 g/mol. The van der Waals surface area contributed by atoms with Crippen LogP contribution in [0.4, 0.5) is 0 Å². The maximum atomic E-state index is 13.5. The van der Waals surface area contributed by atoms with Crippen LogP contribution >= 0.6 is 0 Å². The van der Waals surface area contributed by atoms with Gasteiger partial charge in [0.05, 0.1) is 35.0 Å². The summed E-state index contributed by atoms with van der Waals surface area (Å²) in [6.45, 7) is 13.7. The van der Waals surface area contributed by atoms with Gasteiger partial charge in [0.1, 0.15) is 11.6 Å². The summed E-state index contributed by atoms with van der Waals surface area (Å²) in [5.74, 6) is 1.59. The molecule has 4 rings (SSSR count). The van der Waals surface area contributed by atoms with E-state index < -0.39 is 0 Å². The molecule has 222 valence electrons. The largest absolute Gasteiger partial charge is 0.496 e. The number of piperidine rings is 1. The number of carbonyl (C=O) groups excluding carboxylic acids is 1. The van der Waals surface area contributed by atoms with Crippen LogP contribution in [0.2, 0.25) is 0 Å². The number of hydrogen-bond donors (Lipinski definition) is 1. The Morgan fingerprint density at radius 1 is 1.12 bits per heavy atom. The van der Waals surface area contributed by atoms with Crippen molar-refractivity contribution in [1.82, 2.24) is 14.9 Å². The van der Waals surface area contributed by atoms with Crippen LogP contribution in [0.15, 0.2) is 54.6 Å². The molecule has 1 N–H and O–H groups in total. The van der Waals surface area contributed by atoms with Gasteiger partial charge in [-0.25, -0.2) is 4.98 Å². The van der Waals surface area contributed by atoms with E-state index in [0.29, 0.717) is 41.7 Å². The minimum atomic E-state index is -0.0375. The normalized spacial score (nSPS) is 14.2. The number of allylic oxidation sites excluding steroid dienone is 1. The maximum Gasteiger partial charge on any atom is 0.257 e. The van der Waals surface area contributed by atoms with Gasteiger partial charge in [-0.15, -0.1) is 0 Å². The summed E-state index contributed by atoms with van der Waals surface area (Å²) >= 11 is 0. The van der Waals surface area contributed by atoms with E-state index in [1.807, 2.05) is 73.4 Å². The molecule has 0 unspecified atom stereocenters. The predicted octanol–water partition coefficient (Wildman–Crippen LogP) is 7.11. The number of nitrogens with zero attached hydrogens (tertiary/aromatic N) is 3. The van der Waals surface area contributed by atoms with E-state index in [1.54, 1.807) is 7.11 Å². The molecule has 1 fully saturated rings. The van der Waals surface area contributed by atoms with E-state index in [-0.39, 0.29) is 5.91 Å². The van der Waals surface area contributed by atoms with E-state index in [4.69, 9.17) is 15.0 Å². The average Bonchev–Trinajstić information content (AvgIpc) is 3.43. The number of carbonyl (C=O) groups is 1. The SMILES string of the molecule is C=C(C)/C=c1/[nH]c(-c2ccc(OC)c(C(=O)N3CCC(c4ccc(C#N)cc4)CC3)c2)n/c1=C/C.CCCCCCC. The van der Waals surface area contributed by atoms with Crippen LogP contribution in [0.3, 0.4) is 0 Å². The van der Waals surface area contributed by atoms with Gasteiger partial charge in [0.15, 0.2) is 0 Å². The molecule has 1 aromatic heterocycles. The molecule has 3 aromatic rings. The first kappa shape index (κ1) is 32.4. The third-order valence-corrected chi connectivity index (χ3v) is 7.63. The van der Waals surface area contributed by atoms with Crippen molar-refractivity contribution >= 4 is 18.1 Å². The van der Waals surface area contributed by atoms with Crippen LogP contribution in [-0.2, 0) is 0 Å². The zero-order valence-electron chi connectivity index (χ0n) is 26.0. The predicted molar refractivity (Wildman–Crippen MR) is 173 cm³/mol. The van der Waals surface area contributed by atoms with Crippen molar-refractivity contribution in [3.8, 4) is 23.2 Å². The summed E-state index contributed by atoms with van der Waals surface area (Å²) in [4.78, 5) is 23.5. The minimum absolute atomic E-state index is 0.0375. The van der Waals surface area contributed by atoms with Gasteiger partial charge in [-0.3, -0.25) is 4.79 Å². The summed E-state index contributed by atoms with van der Waals surface area (Å²) < 4.78 is 5.53. The standard InChI is InChI=1S/C29H30N4O2.C7H16/c1-5-25-26(16-19(2)3)32-28(31-25)23-10-11-27(35-4)24(17-23)29(34)33-14-12-22(13-15-33)21-8-6-20(18-30)7-9-21;1-3-5-7-6-4-2/h5-11,16-17,22H,2,12-15H2,1,3-4H3,(H,31,32);3-7H2,1-2H3/b25-5+,26-16+;. The topological polar surface area (TPSA) is 82.0 Å². The highest BCUT2D eigenvalue weighted by Crippen LogP contribution is 2.31. The second-order valence-electron chi connectivity index (χ2n) is 10.9. The zero-order valence-corrected chi connectivity index (χ0v) is 26.0. The van der Waals surface area contributed by atoms with Gasteiger partial charge in [-0.1, -0.05) is 76.3 Å². The van der Waals surface area contributed by atoms with Gasteiger partial charge in [-0.2, -0.15) is 5.26 Å². The highest BCUT2D eigenvalue weighted by molar-refractivity contribution is 5.98. The smallest absolute Gasteiger partial charge is 0.257 e. The number of amides is 1. The Morgan fingerprint density at radius 2 is 1.79 bits per heavy atom.